The number of aliphatic hydroxyl groups is 1. The Kier molecular flexibility index (Phi) is 5.85. The largest absolute Gasteiger partial charge is 0.416 e. The van der Waals surface area contributed by atoms with Crippen molar-refractivity contribution in [3.8, 4) is 0 Å². The van der Waals surface area contributed by atoms with Crippen LogP contribution in [0.25, 0.3) is 0 Å². The summed E-state index contributed by atoms with van der Waals surface area (Å²) >= 11 is 5.71. The van der Waals surface area contributed by atoms with Crippen LogP contribution in [0, 0.1) is 0 Å². The molecule has 0 radical (unpaired) electrons. The first-order valence-corrected chi connectivity index (χ1v) is 7.61. The summed E-state index contributed by atoms with van der Waals surface area (Å²) in [6.45, 7) is -0.188. The molecule has 2 N–H and O–H groups in total. The minimum absolute atomic E-state index is 0.0163. The molecule has 0 aliphatic rings. The van der Waals surface area contributed by atoms with E-state index in [1.54, 1.807) is 0 Å². The molecule has 0 atom stereocenters. The van der Waals surface area contributed by atoms with Crippen LogP contribution < -0.4 is 4.72 Å². The molecule has 0 heterocycles. The van der Waals surface area contributed by atoms with Crippen LogP contribution in [-0.4, -0.2) is 38.0 Å². The van der Waals surface area contributed by atoms with E-state index in [-0.39, 0.29) is 30.3 Å². The van der Waals surface area contributed by atoms with E-state index in [2.05, 4.69) is 0 Å². The molecule has 0 aliphatic carbocycles. The zero-order valence-corrected chi connectivity index (χ0v) is 12.6. The van der Waals surface area contributed by atoms with E-state index in [1.807, 2.05) is 4.72 Å². The first-order chi connectivity index (χ1) is 9.58. The number of benzene rings is 1. The Bertz CT molecular complexity index is 593. The molecule has 0 amide bonds. The maximum Gasteiger partial charge on any atom is 0.416 e. The highest BCUT2D eigenvalue weighted by Gasteiger charge is 2.31. The third-order valence-electron chi connectivity index (χ3n) is 2.57. The molecule has 0 saturated heterocycles. The summed E-state index contributed by atoms with van der Waals surface area (Å²) in [4.78, 5) is 0. The molecule has 0 aliphatic heterocycles. The Balaban J connectivity index is 3.01. The van der Waals surface area contributed by atoms with Crippen molar-refractivity contribution in [3.63, 3.8) is 0 Å². The first kappa shape index (κ1) is 18.0. The predicted octanol–water partition coefficient (Wildman–Crippen LogP) is 2.33. The van der Waals surface area contributed by atoms with Crippen LogP contribution in [0.1, 0.15) is 12.0 Å². The Morgan fingerprint density at radius 1 is 1.38 bits per heavy atom. The lowest BCUT2D eigenvalue weighted by Crippen LogP contribution is -2.33. The third-order valence-corrected chi connectivity index (χ3v) is 4.38. The molecule has 1 aromatic carbocycles. The van der Waals surface area contributed by atoms with Gasteiger partial charge in [-0.15, -0.1) is 0 Å². The Morgan fingerprint density at radius 2 is 2.00 bits per heavy atom. The van der Waals surface area contributed by atoms with E-state index >= 15 is 0 Å². The zero-order chi connectivity index (χ0) is 16.3. The van der Waals surface area contributed by atoms with E-state index in [0.29, 0.717) is 6.07 Å². The highest BCUT2D eigenvalue weighted by molar-refractivity contribution is 7.90. The molecule has 21 heavy (non-hydrogen) atoms. The van der Waals surface area contributed by atoms with E-state index in [4.69, 9.17) is 16.7 Å². The number of anilines is 1. The van der Waals surface area contributed by atoms with Crippen LogP contribution in [0.2, 0.25) is 5.02 Å². The maximum absolute atomic E-state index is 12.6. The minimum atomic E-state index is -4.60. The van der Waals surface area contributed by atoms with Crippen molar-refractivity contribution in [2.45, 2.75) is 12.6 Å². The summed E-state index contributed by atoms with van der Waals surface area (Å²) < 4.78 is 64.5. The second-order valence-electron chi connectivity index (χ2n) is 4.20. The molecule has 1 aromatic rings. The third kappa shape index (κ3) is 5.03. The van der Waals surface area contributed by atoms with Gasteiger partial charge in [-0.3, -0.25) is 4.72 Å². The van der Waals surface area contributed by atoms with Crippen LogP contribution in [-0.2, 0) is 16.4 Å². The van der Waals surface area contributed by atoms with Crippen molar-refractivity contribution in [1.82, 2.24) is 4.31 Å². The SMILES string of the molecule is CN(CCCO)S(=O)(=O)Nc1cc(C(F)(F)F)ccc1Cl. The van der Waals surface area contributed by atoms with Gasteiger partial charge in [0.25, 0.3) is 0 Å². The van der Waals surface area contributed by atoms with Crippen molar-refractivity contribution in [1.29, 1.82) is 0 Å². The molecule has 0 unspecified atom stereocenters. The van der Waals surface area contributed by atoms with Crippen molar-refractivity contribution in [2.24, 2.45) is 0 Å². The second-order valence-corrected chi connectivity index (χ2v) is 6.38. The van der Waals surface area contributed by atoms with Gasteiger partial charge in [0.15, 0.2) is 0 Å². The summed E-state index contributed by atoms with van der Waals surface area (Å²) in [5.41, 5.74) is -1.37. The number of halogens is 4. The lowest BCUT2D eigenvalue weighted by molar-refractivity contribution is -0.137. The summed E-state index contributed by atoms with van der Waals surface area (Å²) in [6, 6.07) is 2.35. The lowest BCUT2D eigenvalue weighted by Gasteiger charge is -2.19. The molecule has 5 nitrogen and oxygen atoms in total. The van der Waals surface area contributed by atoms with Crippen LogP contribution in [0.4, 0.5) is 18.9 Å². The average molecular weight is 347 g/mol. The molecule has 10 heteroatoms. The van der Waals surface area contributed by atoms with Gasteiger partial charge in [0.2, 0.25) is 0 Å². The van der Waals surface area contributed by atoms with Crippen molar-refractivity contribution in [3.05, 3.63) is 28.8 Å². The molecule has 1 rings (SSSR count). The van der Waals surface area contributed by atoms with Gasteiger partial charge in [0.1, 0.15) is 0 Å². The molecule has 0 saturated carbocycles. The molecule has 0 fully saturated rings. The highest BCUT2D eigenvalue weighted by Crippen LogP contribution is 2.34. The Labute approximate surface area is 125 Å². The van der Waals surface area contributed by atoms with E-state index in [1.165, 1.54) is 7.05 Å². The van der Waals surface area contributed by atoms with E-state index in [0.717, 1.165) is 16.4 Å². The lowest BCUT2D eigenvalue weighted by atomic mass is 10.2. The van der Waals surface area contributed by atoms with Crippen LogP contribution in [0.5, 0.6) is 0 Å². The van der Waals surface area contributed by atoms with Gasteiger partial charge in [0.05, 0.1) is 16.3 Å². The van der Waals surface area contributed by atoms with Crippen molar-refractivity contribution in [2.75, 3.05) is 24.9 Å². The number of nitrogens with one attached hydrogen (secondary N) is 1. The molecule has 0 spiro atoms. The summed E-state index contributed by atoms with van der Waals surface area (Å²) in [5.74, 6) is 0. The van der Waals surface area contributed by atoms with Gasteiger partial charge in [-0.25, -0.2) is 0 Å². The molecule has 120 valence electrons. The fourth-order valence-electron chi connectivity index (χ4n) is 1.41. The smallest absolute Gasteiger partial charge is 0.396 e. The van der Waals surface area contributed by atoms with Crippen LogP contribution in [0.3, 0.4) is 0 Å². The van der Waals surface area contributed by atoms with Crippen molar-refractivity contribution >= 4 is 27.5 Å². The monoisotopic (exact) mass is 346 g/mol. The molecule has 0 aromatic heterocycles. The average Bonchev–Trinajstić information content (AvgIpc) is 2.36. The van der Waals surface area contributed by atoms with Gasteiger partial charge >= 0.3 is 16.4 Å². The van der Waals surface area contributed by atoms with Crippen LogP contribution in [0.15, 0.2) is 18.2 Å². The van der Waals surface area contributed by atoms with Gasteiger partial charge in [0, 0.05) is 20.2 Å². The predicted molar refractivity (Wildman–Crippen MR) is 73.3 cm³/mol. The standard InChI is InChI=1S/C11H14ClF3N2O3S/c1-17(5-2-6-18)21(19,20)16-10-7-8(11(13,14)15)3-4-9(10)12/h3-4,7,16,18H,2,5-6H2,1H3. The summed E-state index contributed by atoms with van der Waals surface area (Å²) in [6.07, 6.45) is -4.40. The number of aliphatic hydroxyl groups excluding tert-OH is 1. The van der Waals surface area contributed by atoms with Crippen LogP contribution >= 0.6 is 11.6 Å². The second kappa shape index (κ2) is 6.82. The quantitative estimate of drug-likeness (QED) is 0.830. The summed E-state index contributed by atoms with van der Waals surface area (Å²) in [5, 5.41) is 8.50. The molecule has 0 bridgehead atoms. The van der Waals surface area contributed by atoms with Gasteiger partial charge < -0.3 is 5.11 Å². The maximum atomic E-state index is 12.6. The summed E-state index contributed by atoms with van der Waals surface area (Å²) in [7, 11) is -2.81. The number of alkyl halides is 3. The number of nitrogens with zero attached hydrogens (tertiary/aromatic N) is 1. The van der Waals surface area contributed by atoms with Crippen molar-refractivity contribution < 1.29 is 26.7 Å². The minimum Gasteiger partial charge on any atom is -0.396 e. The topological polar surface area (TPSA) is 69.6 Å². The van der Waals surface area contributed by atoms with E-state index < -0.39 is 21.9 Å². The first-order valence-electron chi connectivity index (χ1n) is 5.79. The van der Waals surface area contributed by atoms with Gasteiger partial charge in [-0.05, 0) is 24.6 Å². The zero-order valence-electron chi connectivity index (χ0n) is 11.0. The van der Waals surface area contributed by atoms with Gasteiger partial charge in [-0.2, -0.15) is 25.9 Å². The Hall–Kier alpha value is -1.03. The Morgan fingerprint density at radius 3 is 2.52 bits per heavy atom. The normalized spacial score (nSPS) is 12.7. The van der Waals surface area contributed by atoms with E-state index in [9.17, 15) is 21.6 Å². The fourth-order valence-corrected chi connectivity index (χ4v) is 2.60. The molecular formula is C11H14ClF3N2O3S. The number of rotatable bonds is 6. The fraction of sp³-hybridized carbons (Fsp3) is 0.455. The highest BCUT2D eigenvalue weighted by atomic mass is 35.5. The van der Waals surface area contributed by atoms with Gasteiger partial charge in [-0.1, -0.05) is 11.6 Å². The number of hydrogen-bond donors (Lipinski definition) is 2. The molecular weight excluding hydrogens is 333 g/mol. The number of hydrogen-bond acceptors (Lipinski definition) is 3.